The van der Waals surface area contributed by atoms with Gasteiger partial charge in [0.1, 0.15) is 17.2 Å². The smallest absolute Gasteiger partial charge is 0.191 e. The summed E-state index contributed by atoms with van der Waals surface area (Å²) >= 11 is 0. The maximum atomic E-state index is 5.50. The molecule has 154 valence electrons. The van der Waals surface area contributed by atoms with Gasteiger partial charge < -0.3 is 24.8 Å². The molecule has 0 heterocycles. The molecule has 2 rings (SSSR count). The van der Waals surface area contributed by atoms with Crippen LogP contribution in [0.2, 0.25) is 0 Å². The van der Waals surface area contributed by atoms with E-state index in [0.717, 1.165) is 12.0 Å². The van der Waals surface area contributed by atoms with E-state index in [-0.39, 0.29) is 24.0 Å². The lowest BCUT2D eigenvalue weighted by molar-refractivity contribution is 0.368. The SMILES string of the molecule is CCc1ccccc1CNC(=NC)NCc1c(OC)cc(OC)cc1OC.I. The second kappa shape index (κ2) is 12.3. The van der Waals surface area contributed by atoms with Crippen LogP contribution in [0.4, 0.5) is 0 Å². The first-order chi connectivity index (χ1) is 13.2. The molecule has 0 fully saturated rings. The molecule has 2 N–H and O–H groups in total. The second-order valence-electron chi connectivity index (χ2n) is 5.91. The molecule has 0 atom stereocenters. The van der Waals surface area contributed by atoms with Crippen molar-refractivity contribution < 1.29 is 14.2 Å². The summed E-state index contributed by atoms with van der Waals surface area (Å²) < 4.78 is 16.3. The van der Waals surface area contributed by atoms with E-state index in [1.807, 2.05) is 12.1 Å². The van der Waals surface area contributed by atoms with Crippen LogP contribution in [0.3, 0.4) is 0 Å². The van der Waals surface area contributed by atoms with Crippen molar-refractivity contribution in [2.24, 2.45) is 4.99 Å². The lowest BCUT2D eigenvalue weighted by Crippen LogP contribution is -2.36. The third-order valence-electron chi connectivity index (χ3n) is 4.42. The Labute approximate surface area is 184 Å². The zero-order valence-corrected chi connectivity index (χ0v) is 19.5. The summed E-state index contributed by atoms with van der Waals surface area (Å²) in [5, 5.41) is 6.68. The minimum atomic E-state index is 0. The van der Waals surface area contributed by atoms with Crippen LogP contribution in [0.1, 0.15) is 23.6 Å². The molecule has 0 spiro atoms. The predicted octanol–water partition coefficient (Wildman–Crippen LogP) is 3.76. The van der Waals surface area contributed by atoms with E-state index in [0.29, 0.717) is 36.3 Å². The first kappa shape index (κ1) is 23.9. The highest BCUT2D eigenvalue weighted by Crippen LogP contribution is 2.33. The highest BCUT2D eigenvalue weighted by atomic mass is 127. The third-order valence-corrected chi connectivity index (χ3v) is 4.42. The van der Waals surface area contributed by atoms with E-state index in [1.165, 1.54) is 11.1 Å². The van der Waals surface area contributed by atoms with Gasteiger partial charge in [-0.3, -0.25) is 4.99 Å². The quantitative estimate of drug-likeness (QED) is 0.329. The van der Waals surface area contributed by atoms with E-state index in [4.69, 9.17) is 14.2 Å². The Bertz CT molecular complexity index is 756. The summed E-state index contributed by atoms with van der Waals surface area (Å²) in [7, 11) is 6.63. The number of benzene rings is 2. The van der Waals surface area contributed by atoms with Gasteiger partial charge in [-0.15, -0.1) is 24.0 Å². The summed E-state index contributed by atoms with van der Waals surface area (Å²) in [6, 6.07) is 12.1. The van der Waals surface area contributed by atoms with Crippen LogP contribution in [-0.2, 0) is 19.5 Å². The van der Waals surface area contributed by atoms with Crippen molar-refractivity contribution in [1.82, 2.24) is 10.6 Å². The van der Waals surface area contributed by atoms with Crippen LogP contribution in [0, 0.1) is 0 Å². The second-order valence-corrected chi connectivity index (χ2v) is 5.91. The topological polar surface area (TPSA) is 64.1 Å². The number of halogens is 1. The fourth-order valence-electron chi connectivity index (χ4n) is 2.90. The maximum Gasteiger partial charge on any atom is 0.191 e. The largest absolute Gasteiger partial charge is 0.496 e. The fraction of sp³-hybridized carbons (Fsp3) is 0.381. The molecule has 28 heavy (non-hydrogen) atoms. The van der Waals surface area contributed by atoms with Gasteiger partial charge in [0.05, 0.1) is 33.4 Å². The van der Waals surface area contributed by atoms with Crippen molar-refractivity contribution in [2.75, 3.05) is 28.4 Å². The zero-order chi connectivity index (χ0) is 19.6. The molecule has 0 saturated heterocycles. The number of aliphatic imine (C=N–C) groups is 1. The molecule has 0 amide bonds. The molecule has 0 aromatic heterocycles. The molecule has 0 radical (unpaired) electrons. The van der Waals surface area contributed by atoms with Crippen LogP contribution >= 0.6 is 24.0 Å². The molecule has 0 bridgehead atoms. The van der Waals surface area contributed by atoms with Crippen molar-refractivity contribution in [2.45, 2.75) is 26.4 Å². The fourth-order valence-corrected chi connectivity index (χ4v) is 2.90. The molecule has 0 saturated carbocycles. The average Bonchev–Trinajstić information content (AvgIpc) is 2.73. The molecule has 0 aliphatic heterocycles. The van der Waals surface area contributed by atoms with Crippen LogP contribution in [0.5, 0.6) is 17.2 Å². The minimum absolute atomic E-state index is 0. The van der Waals surface area contributed by atoms with Gasteiger partial charge in [-0.25, -0.2) is 0 Å². The number of nitrogens with zero attached hydrogens (tertiary/aromatic N) is 1. The lowest BCUT2D eigenvalue weighted by Gasteiger charge is -2.17. The Balaban J connectivity index is 0.00000392. The Morgan fingerprint density at radius 1 is 0.893 bits per heavy atom. The predicted molar refractivity (Wildman–Crippen MR) is 124 cm³/mol. The van der Waals surface area contributed by atoms with Gasteiger partial charge in [-0.2, -0.15) is 0 Å². The van der Waals surface area contributed by atoms with Crippen LogP contribution in [-0.4, -0.2) is 34.3 Å². The van der Waals surface area contributed by atoms with E-state index in [9.17, 15) is 0 Å². The maximum absolute atomic E-state index is 5.50. The Hall–Kier alpha value is -2.16. The van der Waals surface area contributed by atoms with Crippen LogP contribution in [0.15, 0.2) is 41.4 Å². The van der Waals surface area contributed by atoms with E-state index >= 15 is 0 Å². The molecule has 2 aromatic carbocycles. The molecule has 0 aliphatic rings. The average molecular weight is 499 g/mol. The third kappa shape index (κ3) is 6.19. The lowest BCUT2D eigenvalue weighted by atomic mass is 10.1. The number of rotatable bonds is 8. The zero-order valence-electron chi connectivity index (χ0n) is 17.2. The molecule has 2 aromatic rings. The van der Waals surface area contributed by atoms with Gasteiger partial charge in [0.25, 0.3) is 0 Å². The highest BCUT2D eigenvalue weighted by Gasteiger charge is 2.14. The molecular weight excluding hydrogens is 469 g/mol. The Morgan fingerprint density at radius 2 is 1.46 bits per heavy atom. The van der Waals surface area contributed by atoms with Gasteiger partial charge >= 0.3 is 0 Å². The first-order valence-corrected chi connectivity index (χ1v) is 8.96. The monoisotopic (exact) mass is 499 g/mol. The van der Waals surface area contributed by atoms with E-state index in [1.54, 1.807) is 28.4 Å². The summed E-state index contributed by atoms with van der Waals surface area (Å²) in [5.41, 5.74) is 3.50. The van der Waals surface area contributed by atoms with Crippen molar-refractivity contribution in [3.8, 4) is 17.2 Å². The van der Waals surface area contributed by atoms with Gasteiger partial charge in [0, 0.05) is 25.7 Å². The molecule has 0 unspecified atom stereocenters. The summed E-state index contributed by atoms with van der Waals surface area (Å²) in [6.07, 6.45) is 1.00. The number of aryl methyl sites for hydroxylation is 1. The van der Waals surface area contributed by atoms with Gasteiger partial charge in [0.2, 0.25) is 0 Å². The van der Waals surface area contributed by atoms with Crippen LogP contribution in [0.25, 0.3) is 0 Å². The van der Waals surface area contributed by atoms with Gasteiger partial charge in [0.15, 0.2) is 5.96 Å². The summed E-state index contributed by atoms with van der Waals surface area (Å²) in [6.45, 7) is 3.38. The summed E-state index contributed by atoms with van der Waals surface area (Å²) in [5.74, 6) is 2.79. The summed E-state index contributed by atoms with van der Waals surface area (Å²) in [4.78, 5) is 4.31. The number of methoxy groups -OCH3 is 3. The molecule has 7 heteroatoms. The van der Waals surface area contributed by atoms with Crippen LogP contribution < -0.4 is 24.8 Å². The van der Waals surface area contributed by atoms with Crippen molar-refractivity contribution in [1.29, 1.82) is 0 Å². The van der Waals surface area contributed by atoms with E-state index in [2.05, 4.69) is 46.8 Å². The minimum Gasteiger partial charge on any atom is -0.496 e. The van der Waals surface area contributed by atoms with Crippen molar-refractivity contribution >= 4 is 29.9 Å². The van der Waals surface area contributed by atoms with E-state index < -0.39 is 0 Å². The molecular formula is C21H30IN3O3. The number of hydrogen-bond donors (Lipinski definition) is 2. The van der Waals surface area contributed by atoms with Crippen molar-refractivity contribution in [3.05, 3.63) is 53.1 Å². The molecule has 6 nitrogen and oxygen atoms in total. The number of guanidine groups is 1. The number of hydrogen-bond acceptors (Lipinski definition) is 4. The first-order valence-electron chi connectivity index (χ1n) is 8.96. The highest BCUT2D eigenvalue weighted by molar-refractivity contribution is 14.0. The number of ether oxygens (including phenoxy) is 3. The number of nitrogens with one attached hydrogen (secondary N) is 2. The Morgan fingerprint density at radius 3 is 1.96 bits per heavy atom. The van der Waals surface area contributed by atoms with Gasteiger partial charge in [-0.1, -0.05) is 31.2 Å². The standard InChI is InChI=1S/C21H29N3O3.HI/c1-6-15-9-7-8-10-16(15)13-23-21(22-2)24-14-18-19(26-4)11-17(25-3)12-20(18)27-5;/h7-12H,6,13-14H2,1-5H3,(H2,22,23,24);1H. The van der Waals surface area contributed by atoms with Gasteiger partial charge in [-0.05, 0) is 17.5 Å². The Kier molecular flexibility index (Phi) is 10.5. The van der Waals surface area contributed by atoms with Crippen molar-refractivity contribution in [3.63, 3.8) is 0 Å². The normalized spacial score (nSPS) is 10.7. The molecule has 0 aliphatic carbocycles.